The molecule has 0 aliphatic carbocycles. The minimum Gasteiger partial charge on any atom is -0.481 e. The quantitative estimate of drug-likeness (QED) is 0.0173. The molecule has 74 heavy (non-hydrogen) atoms. The van der Waals surface area contributed by atoms with E-state index in [-0.39, 0.29) is 124 Å². The maximum Gasteiger partial charge on any atom is 0.326 e. The first-order chi connectivity index (χ1) is 35.2. The van der Waals surface area contributed by atoms with E-state index in [0.29, 0.717) is 45.8 Å². The molecule has 4 amide bonds. The van der Waals surface area contributed by atoms with Gasteiger partial charge in [-0.1, -0.05) is 96.3 Å². The lowest BCUT2D eigenvalue weighted by atomic mass is 9.96. The van der Waals surface area contributed by atoms with E-state index >= 15 is 0 Å². The highest BCUT2D eigenvalue weighted by atomic mass is 32.1. The van der Waals surface area contributed by atoms with Crippen LogP contribution in [0.3, 0.4) is 0 Å². The molecule has 19 nitrogen and oxygen atoms in total. The molecule has 432 valence electrons. The van der Waals surface area contributed by atoms with Crippen molar-refractivity contribution in [3.63, 3.8) is 0 Å². The van der Waals surface area contributed by atoms with E-state index in [2.05, 4.69) is 44.5 Å². The summed E-state index contributed by atoms with van der Waals surface area (Å²) in [5.74, 6) is -2.71. The van der Waals surface area contributed by atoms with Gasteiger partial charge in [-0.15, -0.1) is 0 Å². The minimum absolute atomic E-state index is 0.0157. The van der Waals surface area contributed by atoms with Crippen LogP contribution >= 0.6 is 12.6 Å². The third-order valence-corrected chi connectivity index (χ3v) is 12.3. The predicted octanol–water partition coefficient (Wildman–Crippen LogP) is 6.78. The Morgan fingerprint density at radius 1 is 0.473 bits per heavy atom. The second-order valence-corrected chi connectivity index (χ2v) is 21.6. The van der Waals surface area contributed by atoms with Gasteiger partial charge in [-0.3, -0.25) is 34.1 Å². The monoisotopic (exact) mass is 1070 g/mol. The van der Waals surface area contributed by atoms with Crippen molar-refractivity contribution >= 4 is 54.0 Å². The first-order valence-electron chi connectivity index (χ1n) is 27.9. The fourth-order valence-electron chi connectivity index (χ4n) is 7.84. The van der Waals surface area contributed by atoms with Gasteiger partial charge in [0.05, 0.1) is 64.4 Å². The van der Waals surface area contributed by atoms with Crippen LogP contribution < -0.4 is 31.9 Å². The number of ketones is 1. The average molecular weight is 1080 g/mol. The Morgan fingerprint density at radius 3 is 1.38 bits per heavy atom. The van der Waals surface area contributed by atoms with Crippen LogP contribution in [0.2, 0.25) is 0 Å². The van der Waals surface area contributed by atoms with Crippen LogP contribution in [0.4, 0.5) is 0 Å². The number of rotatable bonds is 52. The Hall–Kier alpha value is -3.40. The zero-order chi connectivity index (χ0) is 55.3. The molecule has 3 unspecified atom stereocenters. The Morgan fingerprint density at radius 2 is 0.919 bits per heavy atom. The van der Waals surface area contributed by atoms with Gasteiger partial charge in [0.2, 0.25) is 23.6 Å². The summed E-state index contributed by atoms with van der Waals surface area (Å²) >= 11 is 4.39. The first kappa shape index (κ1) is 70.6. The zero-order valence-corrected chi connectivity index (χ0v) is 47.4. The molecule has 0 aliphatic rings. The number of aliphatic carboxylic acids is 2. The van der Waals surface area contributed by atoms with E-state index in [4.69, 9.17) is 24.1 Å². The van der Waals surface area contributed by atoms with Gasteiger partial charge < -0.3 is 55.7 Å². The number of nitrogens with one attached hydrogen (secondary N) is 6. The molecular formula is C54H102N6O13S. The molecular weight excluding hydrogens is 973 g/mol. The Bertz CT molecular complexity index is 1520. The lowest BCUT2D eigenvalue weighted by Crippen LogP contribution is -2.52. The van der Waals surface area contributed by atoms with Crippen LogP contribution in [0.25, 0.3) is 0 Å². The normalized spacial score (nSPS) is 13.0. The Labute approximate surface area is 450 Å². The third-order valence-electron chi connectivity index (χ3n) is 12.1. The summed E-state index contributed by atoms with van der Waals surface area (Å²) in [5.41, 5.74) is -1.03. The van der Waals surface area contributed by atoms with Crippen LogP contribution in [0.15, 0.2) is 0 Å². The molecule has 0 heterocycles. The molecule has 20 heteroatoms. The van der Waals surface area contributed by atoms with Gasteiger partial charge in [0.15, 0.2) is 5.78 Å². The van der Waals surface area contributed by atoms with Crippen LogP contribution in [-0.4, -0.2) is 153 Å². The van der Waals surface area contributed by atoms with Gasteiger partial charge in [0.25, 0.3) is 0 Å². The van der Waals surface area contributed by atoms with Gasteiger partial charge in [0.1, 0.15) is 6.04 Å². The number of Topliss-reactive ketones (excluding diaryl/α,β-unsaturated/α-hetero) is 1. The number of carbonyl (C=O) groups is 7. The predicted molar refractivity (Wildman–Crippen MR) is 292 cm³/mol. The second kappa shape index (κ2) is 45.8. The number of carboxylic acid groups (broad SMARTS) is 2. The summed E-state index contributed by atoms with van der Waals surface area (Å²) in [6, 6.07) is -1.47. The van der Waals surface area contributed by atoms with Crippen molar-refractivity contribution in [2.75, 3.05) is 72.5 Å². The Balaban J connectivity index is 3.78. The van der Waals surface area contributed by atoms with Gasteiger partial charge in [-0.25, -0.2) is 4.79 Å². The van der Waals surface area contributed by atoms with Crippen molar-refractivity contribution in [2.24, 2.45) is 0 Å². The van der Waals surface area contributed by atoms with E-state index in [1.807, 2.05) is 41.5 Å². The molecule has 0 fully saturated rings. The van der Waals surface area contributed by atoms with E-state index in [1.165, 1.54) is 57.8 Å². The highest BCUT2D eigenvalue weighted by Gasteiger charge is 2.27. The largest absolute Gasteiger partial charge is 0.481 e. The highest BCUT2D eigenvalue weighted by molar-refractivity contribution is 7.80. The number of unbranched alkanes of at least 4 members (excludes halogenated alkanes) is 16. The molecule has 0 aromatic rings. The van der Waals surface area contributed by atoms with Gasteiger partial charge in [0, 0.05) is 56.1 Å². The highest BCUT2D eigenvalue weighted by Crippen LogP contribution is 2.15. The number of hydrogen-bond acceptors (Lipinski definition) is 14. The van der Waals surface area contributed by atoms with Crippen molar-refractivity contribution in [3.8, 4) is 0 Å². The lowest BCUT2D eigenvalue weighted by molar-refractivity contribution is -0.142. The summed E-state index contributed by atoms with van der Waals surface area (Å²) in [4.78, 5) is 84.5. The summed E-state index contributed by atoms with van der Waals surface area (Å²) < 4.78 is 22.0. The standard InChI is InChI=1S/C54H102N6O13S/c1-43(74)58-44(51(67)60-53(2,3)4)25-23-24-32-57-54(5,6)46(61)30-35-70-39-41-73-38-34-56-48(63)31-36-71-40-42-72-37-33-55-47(62)29-28-45(52(68)69)59-49(64)26-21-19-17-15-13-11-9-7-8-10-12-14-16-18-20-22-27-50(65)66/h43-45,57-58,74H,7-42H2,1-6H3,(H,55,62)(H,56,63)(H,59,64)(H,60,67)(H,65,66)(H,68,69). The van der Waals surface area contributed by atoms with Gasteiger partial charge in [-0.2, -0.15) is 12.6 Å². The maximum atomic E-state index is 12.8. The number of carboxylic acids is 2. The fourth-order valence-corrected chi connectivity index (χ4v) is 8.02. The summed E-state index contributed by atoms with van der Waals surface area (Å²) in [6.07, 6.45) is 21.0. The smallest absolute Gasteiger partial charge is 0.326 e. The molecule has 8 N–H and O–H groups in total. The van der Waals surface area contributed by atoms with E-state index in [1.54, 1.807) is 0 Å². The number of carbonyl (C=O) groups excluding carboxylic acids is 5. The summed E-state index contributed by atoms with van der Waals surface area (Å²) in [6.45, 7) is 14.9. The molecule has 0 saturated heterocycles. The van der Waals surface area contributed by atoms with Crippen LogP contribution in [0, 0.1) is 0 Å². The lowest BCUT2D eigenvalue weighted by Gasteiger charge is -2.27. The topological polar surface area (TPSA) is 269 Å². The number of ether oxygens (including phenoxy) is 4. The average Bonchev–Trinajstić information content (AvgIpc) is 3.32. The maximum absolute atomic E-state index is 12.8. The second-order valence-electron chi connectivity index (χ2n) is 20.8. The van der Waals surface area contributed by atoms with E-state index < -0.39 is 23.5 Å². The van der Waals surface area contributed by atoms with Crippen LogP contribution in [-0.2, 0) is 52.5 Å². The van der Waals surface area contributed by atoms with Crippen molar-refractivity contribution in [1.29, 1.82) is 0 Å². The Kier molecular flexibility index (Phi) is 43.7. The molecule has 3 atom stereocenters. The number of thiol groups is 1. The molecule has 0 aromatic carbocycles. The zero-order valence-electron chi connectivity index (χ0n) is 46.5. The van der Waals surface area contributed by atoms with Crippen molar-refractivity contribution < 1.29 is 62.7 Å². The number of hydrogen-bond donors (Lipinski definition) is 9. The van der Waals surface area contributed by atoms with Gasteiger partial charge in [-0.05, 0) is 80.2 Å². The molecule has 0 spiro atoms. The molecule has 0 rings (SSSR count). The van der Waals surface area contributed by atoms with Crippen LogP contribution in [0.1, 0.15) is 202 Å². The van der Waals surface area contributed by atoms with Gasteiger partial charge >= 0.3 is 11.9 Å². The first-order valence-corrected chi connectivity index (χ1v) is 28.4. The summed E-state index contributed by atoms with van der Waals surface area (Å²) in [7, 11) is 0. The van der Waals surface area contributed by atoms with Crippen molar-refractivity contribution in [3.05, 3.63) is 0 Å². The minimum atomic E-state index is -1.17. The van der Waals surface area contributed by atoms with Crippen molar-refractivity contribution in [1.82, 2.24) is 31.9 Å². The fraction of sp³-hybridized carbons (Fsp3) is 0.870. The third kappa shape index (κ3) is 45.9. The number of amides is 4. The molecule has 0 saturated carbocycles. The molecule has 0 aromatic heterocycles. The SMILES string of the molecule is CC(S)NC(CCCCNC(C)(C)C(=O)CCOCCOCCNC(=O)CCOCCOCCNC(=O)CCC(NC(=O)CCCCCCCCCCCCCCCCCCC(=O)O)C(=O)O)C(=O)NC(C)(C)C. The molecule has 0 bridgehead atoms. The van der Waals surface area contributed by atoms with Crippen LogP contribution in [0.5, 0.6) is 0 Å². The van der Waals surface area contributed by atoms with E-state index in [9.17, 15) is 38.7 Å². The van der Waals surface area contributed by atoms with E-state index in [0.717, 1.165) is 51.4 Å². The molecule has 0 radical (unpaired) electrons. The summed E-state index contributed by atoms with van der Waals surface area (Å²) in [5, 5.41) is 35.7. The molecule has 0 aliphatic heterocycles. The van der Waals surface area contributed by atoms with Crippen molar-refractivity contribution in [2.45, 2.75) is 231 Å².